The summed E-state index contributed by atoms with van der Waals surface area (Å²) >= 11 is 0. The molecule has 0 aliphatic rings. The van der Waals surface area contributed by atoms with Crippen molar-refractivity contribution in [3.05, 3.63) is 52.6 Å². The van der Waals surface area contributed by atoms with Gasteiger partial charge in [0.1, 0.15) is 6.61 Å². The number of hydrogen-bond acceptors (Lipinski definition) is 8. The first-order chi connectivity index (χ1) is 18.1. The van der Waals surface area contributed by atoms with Gasteiger partial charge in [-0.1, -0.05) is 63.3 Å². The van der Waals surface area contributed by atoms with Crippen LogP contribution in [0.5, 0.6) is 0 Å². The van der Waals surface area contributed by atoms with Crippen LogP contribution >= 0.6 is 0 Å². The van der Waals surface area contributed by atoms with Crippen molar-refractivity contribution < 1.29 is 33.5 Å². The molecule has 0 radical (unpaired) electrons. The highest BCUT2D eigenvalue weighted by Crippen LogP contribution is 2.26. The van der Waals surface area contributed by atoms with Gasteiger partial charge in [-0.2, -0.15) is 5.48 Å². The maximum absolute atomic E-state index is 11.7. The van der Waals surface area contributed by atoms with Gasteiger partial charge in [0.2, 0.25) is 0 Å². The van der Waals surface area contributed by atoms with Crippen molar-refractivity contribution in [2.24, 2.45) is 0 Å². The molecule has 0 aromatic heterocycles. The summed E-state index contributed by atoms with van der Waals surface area (Å²) in [5.41, 5.74) is 2.65. The van der Waals surface area contributed by atoms with Gasteiger partial charge in [0.25, 0.3) is 5.69 Å². The first-order valence-corrected chi connectivity index (χ1v) is 13.2. The normalized spacial score (nSPS) is 11.7. The molecule has 0 aliphatic heterocycles. The third-order valence-electron chi connectivity index (χ3n) is 5.55. The molecule has 1 atom stereocenters. The van der Waals surface area contributed by atoms with Gasteiger partial charge >= 0.3 is 6.09 Å². The number of carbonyl (C=O) groups excluding carboxylic acids is 1. The molecular formula is C27H44N2O8. The van der Waals surface area contributed by atoms with E-state index >= 15 is 0 Å². The van der Waals surface area contributed by atoms with Crippen molar-refractivity contribution in [3.8, 4) is 0 Å². The van der Waals surface area contributed by atoms with E-state index in [1.54, 1.807) is 25.1 Å². The number of para-hydroxylation sites is 1. The zero-order valence-corrected chi connectivity index (χ0v) is 22.2. The highest BCUT2D eigenvalue weighted by atomic mass is 16.7. The number of benzene rings is 1. The number of rotatable bonds is 24. The Kier molecular flexibility index (Phi) is 19.9. The fraction of sp³-hybridized carbons (Fsp3) is 0.667. The van der Waals surface area contributed by atoms with Crippen molar-refractivity contribution in [2.45, 2.75) is 64.2 Å². The number of hydrogen-bond donors (Lipinski definition) is 1. The van der Waals surface area contributed by atoms with E-state index in [1.165, 1.54) is 44.6 Å². The van der Waals surface area contributed by atoms with Gasteiger partial charge in [0.05, 0.1) is 44.6 Å². The molecule has 0 bridgehead atoms. The van der Waals surface area contributed by atoms with Crippen LogP contribution in [0.25, 0.3) is 0 Å². The fourth-order valence-corrected chi connectivity index (χ4v) is 3.52. The van der Waals surface area contributed by atoms with Crippen molar-refractivity contribution in [3.63, 3.8) is 0 Å². The van der Waals surface area contributed by atoms with Crippen LogP contribution < -0.4 is 5.48 Å². The molecule has 0 saturated heterocycles. The SMILES string of the molecule is C=CCCCCCCCCCOCCOCCOCCONC(=O)OCC(C)c1ccccc1[N+](=O)[O-]. The summed E-state index contributed by atoms with van der Waals surface area (Å²) in [6.45, 7) is 8.63. The Labute approximate surface area is 220 Å². The maximum atomic E-state index is 11.7. The number of unbranched alkanes of at least 4 members (excludes halogenated alkanes) is 7. The second-order valence-corrected chi connectivity index (χ2v) is 8.66. The lowest BCUT2D eigenvalue weighted by Crippen LogP contribution is -2.27. The van der Waals surface area contributed by atoms with E-state index in [4.69, 9.17) is 23.8 Å². The van der Waals surface area contributed by atoms with Crippen LogP contribution in [-0.2, 0) is 23.8 Å². The Morgan fingerprint density at radius 2 is 1.49 bits per heavy atom. The topological polar surface area (TPSA) is 118 Å². The molecule has 1 rings (SSSR count). The summed E-state index contributed by atoms with van der Waals surface area (Å²) in [6.07, 6.45) is 11.1. The molecule has 1 unspecified atom stereocenters. The zero-order valence-electron chi connectivity index (χ0n) is 22.2. The van der Waals surface area contributed by atoms with Crippen LogP contribution in [0, 0.1) is 10.1 Å². The molecule has 0 saturated carbocycles. The summed E-state index contributed by atoms with van der Waals surface area (Å²) < 4.78 is 21.5. The third-order valence-corrected chi connectivity index (χ3v) is 5.55. The Morgan fingerprint density at radius 1 is 0.919 bits per heavy atom. The minimum atomic E-state index is -0.770. The molecular weight excluding hydrogens is 480 g/mol. The average Bonchev–Trinajstić information content (AvgIpc) is 2.90. The molecule has 0 aliphatic carbocycles. The molecule has 0 fully saturated rings. The quantitative estimate of drug-likeness (QED) is 0.0790. The van der Waals surface area contributed by atoms with Gasteiger partial charge in [-0.25, -0.2) is 4.79 Å². The van der Waals surface area contributed by atoms with Gasteiger partial charge in [0.15, 0.2) is 0 Å². The summed E-state index contributed by atoms with van der Waals surface area (Å²) in [5, 5.41) is 11.1. The van der Waals surface area contributed by atoms with Crippen molar-refractivity contribution in [1.29, 1.82) is 0 Å². The second kappa shape index (κ2) is 22.7. The molecule has 0 spiro atoms. The molecule has 10 heteroatoms. The van der Waals surface area contributed by atoms with Crippen LogP contribution in [0.3, 0.4) is 0 Å². The zero-order chi connectivity index (χ0) is 27.0. The summed E-state index contributed by atoms with van der Waals surface area (Å²) in [5.74, 6) is -0.339. The van der Waals surface area contributed by atoms with Crippen molar-refractivity contribution >= 4 is 11.8 Å². The summed E-state index contributed by atoms with van der Waals surface area (Å²) in [6, 6.07) is 6.37. The Morgan fingerprint density at radius 3 is 2.14 bits per heavy atom. The first-order valence-electron chi connectivity index (χ1n) is 13.2. The number of nitro groups is 1. The second-order valence-electron chi connectivity index (χ2n) is 8.66. The van der Waals surface area contributed by atoms with Crippen LogP contribution in [-0.4, -0.2) is 63.9 Å². The smallest absolute Gasteiger partial charge is 0.431 e. The van der Waals surface area contributed by atoms with E-state index in [0.29, 0.717) is 32.0 Å². The number of nitrogens with one attached hydrogen (secondary N) is 1. The van der Waals surface area contributed by atoms with Crippen molar-refractivity contribution in [1.82, 2.24) is 5.48 Å². The lowest BCUT2D eigenvalue weighted by molar-refractivity contribution is -0.385. The van der Waals surface area contributed by atoms with Crippen LogP contribution in [0.2, 0.25) is 0 Å². The highest BCUT2D eigenvalue weighted by molar-refractivity contribution is 5.65. The average molecular weight is 525 g/mol. The number of nitrogens with zero attached hydrogens (tertiary/aromatic N) is 1. The summed E-state index contributed by atoms with van der Waals surface area (Å²) in [7, 11) is 0. The van der Waals surface area contributed by atoms with E-state index in [1.807, 2.05) is 6.08 Å². The lowest BCUT2D eigenvalue weighted by atomic mass is 10.0. The van der Waals surface area contributed by atoms with Crippen LogP contribution in [0.1, 0.15) is 69.8 Å². The fourth-order valence-electron chi connectivity index (χ4n) is 3.52. The summed E-state index contributed by atoms with van der Waals surface area (Å²) in [4.78, 5) is 27.4. The van der Waals surface area contributed by atoms with E-state index in [0.717, 1.165) is 19.4 Å². The largest absolute Gasteiger partial charge is 0.447 e. The number of allylic oxidation sites excluding steroid dienone is 1. The van der Waals surface area contributed by atoms with E-state index in [2.05, 4.69) is 12.1 Å². The Bertz CT molecular complexity index is 747. The van der Waals surface area contributed by atoms with E-state index in [9.17, 15) is 14.9 Å². The monoisotopic (exact) mass is 524 g/mol. The molecule has 37 heavy (non-hydrogen) atoms. The minimum absolute atomic E-state index is 0.00382. The highest BCUT2D eigenvalue weighted by Gasteiger charge is 2.19. The predicted molar refractivity (Wildman–Crippen MR) is 142 cm³/mol. The van der Waals surface area contributed by atoms with Crippen molar-refractivity contribution in [2.75, 3.05) is 52.9 Å². The Balaban J connectivity index is 1.86. The lowest BCUT2D eigenvalue weighted by Gasteiger charge is -2.13. The molecule has 210 valence electrons. The number of nitro benzene ring substituents is 1. The number of carbonyl (C=O) groups is 1. The Hall–Kier alpha value is -2.53. The molecule has 1 N–H and O–H groups in total. The van der Waals surface area contributed by atoms with Gasteiger partial charge in [-0.15, -0.1) is 6.58 Å². The number of hydroxylamine groups is 1. The van der Waals surface area contributed by atoms with Gasteiger partial charge < -0.3 is 18.9 Å². The minimum Gasteiger partial charge on any atom is -0.447 e. The maximum Gasteiger partial charge on any atom is 0.431 e. The standard InChI is InChI=1S/C27H44N2O8/c1-3-4-5-6-7-8-9-10-13-16-33-17-18-34-19-20-35-21-22-37-28-27(30)36-23-24(2)25-14-11-12-15-26(25)29(31)32/h3,11-12,14-15,24H,1,4-10,13,16-23H2,2H3,(H,28,30). The van der Waals surface area contributed by atoms with Gasteiger partial charge in [-0.05, 0) is 19.3 Å². The molecule has 0 heterocycles. The third kappa shape index (κ3) is 17.5. The number of amides is 1. The van der Waals surface area contributed by atoms with Gasteiger partial charge in [-0.3, -0.25) is 15.0 Å². The van der Waals surface area contributed by atoms with E-state index in [-0.39, 0.29) is 31.4 Å². The van der Waals surface area contributed by atoms with Crippen LogP contribution in [0.4, 0.5) is 10.5 Å². The molecule has 10 nitrogen and oxygen atoms in total. The van der Waals surface area contributed by atoms with E-state index < -0.39 is 11.0 Å². The molecule has 1 aromatic carbocycles. The predicted octanol–water partition coefficient (Wildman–Crippen LogP) is 5.71. The van der Waals surface area contributed by atoms with Crippen LogP contribution in [0.15, 0.2) is 36.9 Å². The first kappa shape index (κ1) is 32.5. The molecule has 1 amide bonds. The number of ether oxygens (including phenoxy) is 4. The molecule has 1 aromatic rings. The van der Waals surface area contributed by atoms with Gasteiger partial charge in [0, 0.05) is 24.2 Å².